The molecule has 1 aromatic carbocycles. The van der Waals surface area contributed by atoms with Crippen molar-refractivity contribution in [3.05, 3.63) is 29.3 Å². The first kappa shape index (κ1) is 20.0. The number of carbonyl (C=O) groups excluding carboxylic acids is 2. The molecule has 11 nitrogen and oxygen atoms in total. The van der Waals surface area contributed by atoms with Crippen LogP contribution < -0.4 is 0 Å². The summed E-state index contributed by atoms with van der Waals surface area (Å²) in [4.78, 5) is 22.5. The van der Waals surface area contributed by atoms with Crippen molar-refractivity contribution >= 4 is 22.1 Å². The lowest BCUT2D eigenvalue weighted by Crippen LogP contribution is -2.31. The Morgan fingerprint density at radius 2 is 1.21 bits per heavy atom. The maximum Gasteiger partial charge on any atom is 0.342 e. The Bertz CT molecular complexity index is 706. The van der Waals surface area contributed by atoms with Crippen molar-refractivity contribution in [2.45, 2.75) is 30.7 Å². The van der Waals surface area contributed by atoms with Crippen molar-refractivity contribution in [1.82, 2.24) is 0 Å². The van der Waals surface area contributed by atoms with Crippen LogP contribution in [0.2, 0.25) is 0 Å². The van der Waals surface area contributed by atoms with Gasteiger partial charge in [0.1, 0.15) is 0 Å². The van der Waals surface area contributed by atoms with Crippen LogP contribution in [0.1, 0.15) is 34.6 Å². The molecule has 0 heterocycles. The van der Waals surface area contributed by atoms with Crippen LogP contribution in [-0.4, -0.2) is 57.3 Å². The smallest absolute Gasteiger partial charge is 0.342 e. The number of benzene rings is 1. The summed E-state index contributed by atoms with van der Waals surface area (Å²) in [6, 6.07) is 1.91. The zero-order chi connectivity index (χ0) is 18.9. The van der Waals surface area contributed by atoms with Crippen LogP contribution >= 0.6 is 0 Å². The fourth-order valence-corrected chi connectivity index (χ4v) is 2.00. The molecule has 12 heteroatoms. The first-order valence-corrected chi connectivity index (χ1v) is 7.51. The molecule has 24 heavy (non-hydrogen) atoms. The molecule has 0 aliphatic carbocycles. The normalized spacial score (nSPS) is 12.6. The average Bonchev–Trinajstić information content (AvgIpc) is 2.33. The van der Waals surface area contributed by atoms with Crippen molar-refractivity contribution in [1.29, 1.82) is 0 Å². The SMILES string of the molecule is CC(O)(O)OC(=O)c1cc(C(=O)OC(C)(O)O)cc(S(=O)(=O)O)c1. The van der Waals surface area contributed by atoms with E-state index in [1.807, 2.05) is 0 Å². The highest BCUT2D eigenvalue weighted by Gasteiger charge is 2.27. The Morgan fingerprint density at radius 1 is 0.875 bits per heavy atom. The first-order valence-electron chi connectivity index (χ1n) is 6.07. The number of ether oxygens (including phenoxy) is 2. The number of esters is 2. The highest BCUT2D eigenvalue weighted by atomic mass is 32.2. The second-order valence-corrected chi connectivity index (χ2v) is 6.29. The van der Waals surface area contributed by atoms with Gasteiger partial charge in [-0.15, -0.1) is 0 Å². The van der Waals surface area contributed by atoms with Crippen molar-refractivity contribution in [3.63, 3.8) is 0 Å². The molecule has 0 bridgehead atoms. The minimum Gasteiger partial charge on any atom is -0.405 e. The van der Waals surface area contributed by atoms with Crippen LogP contribution in [0.25, 0.3) is 0 Å². The first-order chi connectivity index (χ1) is 10.6. The standard InChI is InChI=1S/C12H14O11S/c1-11(15,16)22-9(13)6-3-7(10(14)23-12(2,17)18)5-8(4-6)24(19,20)21/h3-5,15-18H,1-2H3,(H,19,20,21). The third-order valence-electron chi connectivity index (χ3n) is 2.25. The lowest BCUT2D eigenvalue weighted by Gasteiger charge is -2.18. The molecule has 0 saturated carbocycles. The quantitative estimate of drug-likeness (QED) is 0.233. The Balaban J connectivity index is 3.38. The summed E-state index contributed by atoms with van der Waals surface area (Å²) in [5.41, 5.74) is -1.33. The lowest BCUT2D eigenvalue weighted by atomic mass is 10.1. The lowest BCUT2D eigenvalue weighted by molar-refractivity contribution is -0.295. The molecule has 0 unspecified atom stereocenters. The molecule has 134 valence electrons. The summed E-state index contributed by atoms with van der Waals surface area (Å²) in [6.45, 7) is 1.38. The average molecular weight is 366 g/mol. The van der Waals surface area contributed by atoms with Gasteiger partial charge in [-0.3, -0.25) is 4.55 Å². The van der Waals surface area contributed by atoms with Gasteiger partial charge in [-0.25, -0.2) is 9.59 Å². The van der Waals surface area contributed by atoms with Gasteiger partial charge in [0.05, 0.1) is 16.0 Å². The fourth-order valence-electron chi connectivity index (χ4n) is 1.45. The topological polar surface area (TPSA) is 188 Å². The summed E-state index contributed by atoms with van der Waals surface area (Å²) < 4.78 is 39.8. The van der Waals surface area contributed by atoms with E-state index in [0.717, 1.165) is 6.07 Å². The number of aliphatic hydroxyl groups is 4. The van der Waals surface area contributed by atoms with E-state index >= 15 is 0 Å². The Labute approximate surface area is 135 Å². The third-order valence-corrected chi connectivity index (χ3v) is 3.08. The molecule has 1 aromatic rings. The van der Waals surface area contributed by atoms with Crippen LogP contribution in [0.5, 0.6) is 0 Å². The van der Waals surface area contributed by atoms with Crippen LogP contribution in [-0.2, 0) is 19.6 Å². The molecule has 0 aliphatic rings. The molecule has 0 atom stereocenters. The predicted molar refractivity (Wildman–Crippen MR) is 72.8 cm³/mol. The van der Waals surface area contributed by atoms with Crippen LogP contribution in [0.3, 0.4) is 0 Å². The molecular weight excluding hydrogens is 352 g/mol. The highest BCUT2D eigenvalue weighted by molar-refractivity contribution is 7.85. The number of hydrogen-bond donors (Lipinski definition) is 5. The van der Waals surface area contributed by atoms with Crippen molar-refractivity contribution in [2.75, 3.05) is 0 Å². The molecule has 0 fully saturated rings. The zero-order valence-electron chi connectivity index (χ0n) is 12.3. The van der Waals surface area contributed by atoms with Crippen LogP contribution in [0.15, 0.2) is 23.1 Å². The van der Waals surface area contributed by atoms with E-state index < -0.39 is 50.0 Å². The van der Waals surface area contributed by atoms with Gasteiger partial charge in [0.25, 0.3) is 10.1 Å². The van der Waals surface area contributed by atoms with Gasteiger partial charge in [-0.1, -0.05) is 0 Å². The summed E-state index contributed by atoms with van der Waals surface area (Å²) >= 11 is 0. The largest absolute Gasteiger partial charge is 0.405 e. The molecule has 1 rings (SSSR count). The summed E-state index contributed by atoms with van der Waals surface area (Å²) in [6.07, 6.45) is 0. The summed E-state index contributed by atoms with van der Waals surface area (Å²) in [7, 11) is -4.87. The van der Waals surface area contributed by atoms with Gasteiger partial charge in [0, 0.05) is 13.8 Å². The zero-order valence-corrected chi connectivity index (χ0v) is 13.1. The molecule has 0 aliphatic heterocycles. The summed E-state index contributed by atoms with van der Waals surface area (Å²) in [5.74, 6) is -8.67. The van der Waals surface area contributed by atoms with E-state index in [0.29, 0.717) is 26.0 Å². The van der Waals surface area contributed by atoms with Gasteiger partial charge in [-0.05, 0) is 18.2 Å². The van der Waals surface area contributed by atoms with Crippen molar-refractivity contribution in [2.24, 2.45) is 0 Å². The van der Waals surface area contributed by atoms with E-state index in [4.69, 9.17) is 25.0 Å². The highest BCUT2D eigenvalue weighted by Crippen LogP contribution is 2.19. The fraction of sp³-hybridized carbons (Fsp3) is 0.333. The second kappa shape index (κ2) is 6.43. The van der Waals surface area contributed by atoms with E-state index in [-0.39, 0.29) is 0 Å². The molecule has 0 radical (unpaired) electrons. The monoisotopic (exact) mass is 366 g/mol. The van der Waals surface area contributed by atoms with Gasteiger partial charge >= 0.3 is 23.9 Å². The molecule has 0 spiro atoms. The van der Waals surface area contributed by atoms with Crippen LogP contribution in [0, 0.1) is 0 Å². The third kappa shape index (κ3) is 6.19. The number of hydrogen-bond acceptors (Lipinski definition) is 10. The Morgan fingerprint density at radius 3 is 1.46 bits per heavy atom. The molecule has 0 aromatic heterocycles. The molecule has 0 saturated heterocycles. The van der Waals surface area contributed by atoms with Gasteiger partial charge in [0.15, 0.2) is 0 Å². The summed E-state index contributed by atoms with van der Waals surface area (Å²) in [5, 5.41) is 36.0. The molecule has 5 N–H and O–H groups in total. The van der Waals surface area contributed by atoms with Crippen molar-refractivity contribution < 1.29 is 52.5 Å². The minimum atomic E-state index is -4.87. The minimum absolute atomic E-state index is 0.595. The van der Waals surface area contributed by atoms with E-state index in [2.05, 4.69) is 9.47 Å². The van der Waals surface area contributed by atoms with Crippen molar-refractivity contribution in [3.8, 4) is 0 Å². The van der Waals surface area contributed by atoms with E-state index in [9.17, 15) is 18.0 Å². The van der Waals surface area contributed by atoms with E-state index in [1.54, 1.807) is 0 Å². The van der Waals surface area contributed by atoms with Gasteiger partial charge < -0.3 is 29.9 Å². The molecule has 0 amide bonds. The number of rotatable bonds is 5. The van der Waals surface area contributed by atoms with E-state index in [1.165, 1.54) is 0 Å². The maximum absolute atomic E-state index is 11.7. The predicted octanol–water partition coefficient (Wildman–Crippen LogP) is -1.44. The Kier molecular flexibility index (Phi) is 5.34. The van der Waals surface area contributed by atoms with Gasteiger partial charge in [0.2, 0.25) is 0 Å². The second-order valence-electron chi connectivity index (χ2n) is 4.87. The maximum atomic E-state index is 11.7. The molecular formula is C12H14O11S. The Hall–Kier alpha value is -2.09. The van der Waals surface area contributed by atoms with Gasteiger partial charge in [-0.2, -0.15) is 8.42 Å². The number of carbonyl (C=O) groups is 2. The van der Waals surface area contributed by atoms with Crippen LogP contribution in [0.4, 0.5) is 0 Å².